The molecule has 0 bridgehead atoms. The van der Waals surface area contributed by atoms with Gasteiger partial charge in [0.25, 0.3) is 11.5 Å². The Morgan fingerprint density at radius 2 is 2.00 bits per heavy atom. The van der Waals surface area contributed by atoms with E-state index in [4.69, 9.17) is 4.52 Å². The van der Waals surface area contributed by atoms with Crippen LogP contribution in [0, 0.1) is 0 Å². The molecule has 3 rings (SSSR count). The van der Waals surface area contributed by atoms with E-state index < -0.39 is 11.9 Å². The van der Waals surface area contributed by atoms with Crippen LogP contribution in [0.1, 0.15) is 18.9 Å². The van der Waals surface area contributed by atoms with E-state index in [9.17, 15) is 14.4 Å². The van der Waals surface area contributed by atoms with Crippen molar-refractivity contribution in [2.24, 2.45) is 0 Å². The molecule has 6 nitrogen and oxygen atoms in total. The minimum absolute atomic E-state index is 0.208. The molecule has 0 radical (unpaired) electrons. The molecule has 1 aromatic heterocycles. The van der Waals surface area contributed by atoms with Gasteiger partial charge in [0.2, 0.25) is 5.91 Å². The number of carbonyl (C=O) groups is 2. The summed E-state index contributed by atoms with van der Waals surface area (Å²) < 4.78 is 6.42. The fourth-order valence-electron chi connectivity index (χ4n) is 2.10. The summed E-state index contributed by atoms with van der Waals surface area (Å²) in [4.78, 5) is 34.8. The van der Waals surface area contributed by atoms with Gasteiger partial charge in [-0.2, -0.15) is 4.74 Å². The molecule has 0 aliphatic carbocycles. The van der Waals surface area contributed by atoms with Crippen molar-refractivity contribution in [2.75, 3.05) is 0 Å². The minimum atomic E-state index is -0.748. The lowest BCUT2D eigenvalue weighted by atomic mass is 10.1. The number of piperidine rings is 1. The Morgan fingerprint density at radius 1 is 1.22 bits per heavy atom. The highest BCUT2D eigenvalue weighted by Crippen LogP contribution is 2.20. The van der Waals surface area contributed by atoms with Gasteiger partial charge >= 0.3 is 0 Å². The Morgan fingerprint density at radius 3 is 2.72 bits per heavy atom. The van der Waals surface area contributed by atoms with Crippen LogP contribution in [-0.4, -0.2) is 16.6 Å². The number of hydrogen-bond donors (Lipinski definition) is 1. The van der Waals surface area contributed by atoms with Gasteiger partial charge in [0, 0.05) is 6.42 Å². The Kier molecular flexibility index (Phi) is 2.29. The number of nitrogens with zero attached hydrogens (tertiary/aromatic N) is 1. The second-order valence-corrected chi connectivity index (χ2v) is 4.19. The van der Waals surface area contributed by atoms with Crippen LogP contribution in [0.15, 0.2) is 33.6 Å². The molecule has 1 atom stereocenters. The molecule has 1 unspecified atom stereocenters. The van der Waals surface area contributed by atoms with Crippen molar-refractivity contribution in [3.63, 3.8) is 0 Å². The zero-order chi connectivity index (χ0) is 12.7. The van der Waals surface area contributed by atoms with E-state index >= 15 is 0 Å². The van der Waals surface area contributed by atoms with E-state index in [1.54, 1.807) is 24.3 Å². The number of rotatable bonds is 1. The molecule has 0 saturated carbocycles. The highest BCUT2D eigenvalue weighted by molar-refractivity contribution is 5.99. The van der Waals surface area contributed by atoms with Crippen LogP contribution in [0.25, 0.3) is 11.0 Å². The van der Waals surface area contributed by atoms with E-state index in [0.29, 0.717) is 11.0 Å². The number of carbonyl (C=O) groups excluding carboxylic acids is 2. The number of hydrogen-bond acceptors (Lipinski definition) is 4. The van der Waals surface area contributed by atoms with E-state index in [1.165, 1.54) is 0 Å². The predicted octanol–water partition coefficient (Wildman–Crippen LogP) is 0.572. The van der Waals surface area contributed by atoms with Crippen LogP contribution in [0.3, 0.4) is 0 Å². The summed E-state index contributed by atoms with van der Waals surface area (Å²) in [7, 11) is 0. The van der Waals surface area contributed by atoms with E-state index in [1.807, 2.05) is 0 Å². The van der Waals surface area contributed by atoms with Crippen LogP contribution in [-0.2, 0) is 9.59 Å². The standard InChI is InChI=1S/C12H10N2O4/c15-10-6-5-8(11(16)13-10)14-12(17)7-3-1-2-4-9(7)18-14/h1-4,8H,5-6H2,(H,13,15,16). The van der Waals surface area contributed by atoms with Gasteiger partial charge in [0.05, 0.1) is 5.39 Å². The van der Waals surface area contributed by atoms with Crippen molar-refractivity contribution in [1.82, 2.24) is 10.1 Å². The maximum absolute atomic E-state index is 12.1. The average Bonchev–Trinajstić information content (AvgIpc) is 2.68. The number of imide groups is 1. The normalized spacial score (nSPS) is 20.1. The van der Waals surface area contributed by atoms with Gasteiger partial charge in [-0.25, -0.2) is 0 Å². The Hall–Kier alpha value is -2.37. The zero-order valence-electron chi connectivity index (χ0n) is 9.38. The molecule has 92 valence electrons. The lowest BCUT2D eigenvalue weighted by molar-refractivity contribution is -0.137. The molecule has 2 aromatic rings. The molecule has 1 saturated heterocycles. The van der Waals surface area contributed by atoms with Gasteiger partial charge in [-0.05, 0) is 18.6 Å². The fourth-order valence-corrected chi connectivity index (χ4v) is 2.10. The molecular formula is C12H10N2O4. The molecule has 2 amide bonds. The van der Waals surface area contributed by atoms with Gasteiger partial charge < -0.3 is 4.52 Å². The van der Waals surface area contributed by atoms with Crippen LogP contribution >= 0.6 is 0 Å². The first-order valence-electron chi connectivity index (χ1n) is 5.61. The first-order chi connectivity index (χ1) is 8.66. The number of benzene rings is 1. The van der Waals surface area contributed by atoms with E-state index in [-0.39, 0.29) is 24.3 Å². The number of nitrogens with one attached hydrogen (secondary N) is 1. The molecule has 0 spiro atoms. The van der Waals surface area contributed by atoms with Gasteiger partial charge in [-0.15, -0.1) is 0 Å². The highest BCUT2D eigenvalue weighted by Gasteiger charge is 2.31. The molecule has 6 heteroatoms. The summed E-state index contributed by atoms with van der Waals surface area (Å²) in [5.74, 6) is -0.812. The topological polar surface area (TPSA) is 81.3 Å². The number of aromatic nitrogens is 1. The highest BCUT2D eigenvalue weighted by atomic mass is 16.5. The molecule has 18 heavy (non-hydrogen) atoms. The summed E-state index contributed by atoms with van der Waals surface area (Å²) in [6, 6.07) is 6.04. The zero-order valence-corrected chi connectivity index (χ0v) is 9.38. The third-order valence-electron chi connectivity index (χ3n) is 3.01. The monoisotopic (exact) mass is 246 g/mol. The van der Waals surface area contributed by atoms with Crippen LogP contribution < -0.4 is 10.9 Å². The fraction of sp³-hybridized carbons (Fsp3) is 0.250. The lowest BCUT2D eigenvalue weighted by Crippen LogP contribution is -2.43. The average molecular weight is 246 g/mol. The first kappa shape index (κ1) is 10.8. The van der Waals surface area contributed by atoms with Gasteiger partial charge in [-0.1, -0.05) is 12.1 Å². The Labute approximate surface area is 101 Å². The van der Waals surface area contributed by atoms with Crippen molar-refractivity contribution >= 4 is 22.8 Å². The summed E-state index contributed by atoms with van der Waals surface area (Å²) >= 11 is 0. The maximum Gasteiger partial charge on any atom is 0.291 e. The molecule has 1 fully saturated rings. The summed E-state index contributed by atoms with van der Waals surface area (Å²) in [5, 5.41) is 2.63. The van der Waals surface area contributed by atoms with Gasteiger partial charge in [-0.3, -0.25) is 19.7 Å². The summed E-state index contributed by atoms with van der Waals surface area (Å²) in [6.07, 6.45) is 0.490. The van der Waals surface area contributed by atoms with E-state index in [0.717, 1.165) is 4.74 Å². The molecule has 1 aliphatic rings. The van der Waals surface area contributed by atoms with Crippen molar-refractivity contribution in [1.29, 1.82) is 0 Å². The number of para-hydroxylation sites is 1. The smallest absolute Gasteiger partial charge is 0.291 e. The van der Waals surface area contributed by atoms with Crippen molar-refractivity contribution in [3.05, 3.63) is 34.6 Å². The third kappa shape index (κ3) is 1.54. The van der Waals surface area contributed by atoms with Crippen molar-refractivity contribution in [2.45, 2.75) is 18.9 Å². The molecule has 1 aromatic carbocycles. The van der Waals surface area contributed by atoms with Crippen LogP contribution in [0.5, 0.6) is 0 Å². The maximum atomic E-state index is 12.1. The van der Waals surface area contributed by atoms with Crippen molar-refractivity contribution in [3.8, 4) is 0 Å². The Balaban J connectivity index is 2.09. The first-order valence-corrected chi connectivity index (χ1v) is 5.61. The quantitative estimate of drug-likeness (QED) is 0.746. The summed E-state index contributed by atoms with van der Waals surface area (Å²) in [6.45, 7) is 0. The van der Waals surface area contributed by atoms with Crippen LogP contribution in [0.2, 0.25) is 0 Å². The molecule has 2 heterocycles. The third-order valence-corrected chi connectivity index (χ3v) is 3.01. The van der Waals surface area contributed by atoms with Crippen molar-refractivity contribution < 1.29 is 14.1 Å². The largest absolute Gasteiger partial charge is 0.375 e. The molecule has 1 N–H and O–H groups in total. The minimum Gasteiger partial charge on any atom is -0.375 e. The molecule has 1 aliphatic heterocycles. The SMILES string of the molecule is O=C1CCC(n2oc3ccccc3c2=O)C(=O)N1. The second-order valence-electron chi connectivity index (χ2n) is 4.19. The van der Waals surface area contributed by atoms with Gasteiger partial charge in [0.15, 0.2) is 5.58 Å². The Bertz CT molecular complexity index is 697. The number of fused-ring (bicyclic) bond motifs is 1. The molecular weight excluding hydrogens is 236 g/mol. The number of amides is 2. The summed E-state index contributed by atoms with van der Waals surface area (Å²) in [5.41, 5.74) is 0.0901. The lowest BCUT2D eigenvalue weighted by Gasteiger charge is -2.19. The van der Waals surface area contributed by atoms with E-state index in [2.05, 4.69) is 5.32 Å². The van der Waals surface area contributed by atoms with Crippen LogP contribution in [0.4, 0.5) is 0 Å². The second kappa shape index (κ2) is 3.83. The predicted molar refractivity (Wildman–Crippen MR) is 61.9 cm³/mol. The van der Waals surface area contributed by atoms with Gasteiger partial charge in [0.1, 0.15) is 6.04 Å².